The van der Waals surface area contributed by atoms with Crippen LogP contribution in [0.5, 0.6) is 0 Å². The van der Waals surface area contributed by atoms with Crippen LogP contribution in [0, 0.1) is 6.92 Å². The first-order valence-electron chi connectivity index (χ1n) is 6.45. The molecule has 0 saturated heterocycles. The summed E-state index contributed by atoms with van der Waals surface area (Å²) < 4.78 is 0. The second kappa shape index (κ2) is 7.10. The van der Waals surface area contributed by atoms with Gasteiger partial charge in [-0.15, -0.1) is 0 Å². The van der Waals surface area contributed by atoms with Crippen LogP contribution in [0.3, 0.4) is 0 Å². The van der Waals surface area contributed by atoms with Crippen LogP contribution < -0.4 is 4.90 Å². The SMILES string of the molecule is CCN(CCCCC(C)=O)c1ccccc1C. The van der Waals surface area contributed by atoms with Gasteiger partial charge in [-0.2, -0.15) is 0 Å². The Morgan fingerprint density at radius 3 is 2.53 bits per heavy atom. The van der Waals surface area contributed by atoms with E-state index in [0.29, 0.717) is 12.2 Å². The third kappa shape index (κ3) is 4.59. The molecule has 2 nitrogen and oxygen atoms in total. The Hall–Kier alpha value is -1.31. The molecule has 0 saturated carbocycles. The summed E-state index contributed by atoms with van der Waals surface area (Å²) in [5.41, 5.74) is 2.64. The summed E-state index contributed by atoms with van der Waals surface area (Å²) >= 11 is 0. The van der Waals surface area contributed by atoms with E-state index < -0.39 is 0 Å². The molecule has 0 N–H and O–H groups in total. The van der Waals surface area contributed by atoms with E-state index in [1.165, 1.54) is 11.3 Å². The largest absolute Gasteiger partial charge is 0.372 e. The predicted octanol–water partition coefficient (Wildman–Crippen LogP) is 3.58. The molecule has 1 rings (SSSR count). The lowest BCUT2D eigenvalue weighted by molar-refractivity contribution is -0.117. The summed E-state index contributed by atoms with van der Waals surface area (Å²) in [6, 6.07) is 8.47. The van der Waals surface area contributed by atoms with Gasteiger partial charge in [0.2, 0.25) is 0 Å². The first-order chi connectivity index (χ1) is 8.15. The molecule has 0 amide bonds. The summed E-state index contributed by atoms with van der Waals surface area (Å²) in [6.45, 7) is 8.05. The standard InChI is InChI=1S/C15H23NO/c1-4-16(12-8-7-10-14(3)17)15-11-6-5-9-13(15)2/h5-6,9,11H,4,7-8,10,12H2,1-3H3. The second-order valence-corrected chi connectivity index (χ2v) is 4.53. The number of rotatable bonds is 7. The summed E-state index contributed by atoms with van der Waals surface area (Å²) in [6.07, 6.45) is 2.80. The number of hydrogen-bond acceptors (Lipinski definition) is 2. The molecule has 0 radical (unpaired) electrons. The lowest BCUT2D eigenvalue weighted by Gasteiger charge is -2.24. The molecule has 2 heteroatoms. The minimum atomic E-state index is 0.295. The Morgan fingerprint density at radius 1 is 1.24 bits per heavy atom. The number of ketones is 1. The molecule has 0 unspecified atom stereocenters. The molecule has 0 aliphatic heterocycles. The Labute approximate surface area is 105 Å². The molecule has 0 bridgehead atoms. The number of nitrogens with zero attached hydrogens (tertiary/aromatic N) is 1. The zero-order chi connectivity index (χ0) is 12.7. The molecule has 0 heterocycles. The molecule has 17 heavy (non-hydrogen) atoms. The van der Waals surface area contributed by atoms with Gasteiger partial charge in [-0.3, -0.25) is 0 Å². The van der Waals surface area contributed by atoms with Gasteiger partial charge in [0, 0.05) is 25.2 Å². The molecule has 0 fully saturated rings. The van der Waals surface area contributed by atoms with E-state index in [9.17, 15) is 4.79 Å². The van der Waals surface area contributed by atoms with Crippen LogP contribution in [0.15, 0.2) is 24.3 Å². The average Bonchev–Trinajstić information content (AvgIpc) is 2.30. The second-order valence-electron chi connectivity index (χ2n) is 4.53. The average molecular weight is 233 g/mol. The molecule has 94 valence electrons. The molecule has 1 aromatic carbocycles. The van der Waals surface area contributed by atoms with Crippen molar-refractivity contribution in [1.82, 2.24) is 0 Å². The number of carbonyl (C=O) groups excluding carboxylic acids is 1. The van der Waals surface area contributed by atoms with Crippen molar-refractivity contribution in [3.63, 3.8) is 0 Å². The van der Waals surface area contributed by atoms with Crippen molar-refractivity contribution in [3.8, 4) is 0 Å². The maximum Gasteiger partial charge on any atom is 0.129 e. The van der Waals surface area contributed by atoms with Gasteiger partial charge >= 0.3 is 0 Å². The highest BCUT2D eigenvalue weighted by molar-refractivity contribution is 5.75. The van der Waals surface area contributed by atoms with E-state index >= 15 is 0 Å². The van der Waals surface area contributed by atoms with Gasteiger partial charge < -0.3 is 9.69 Å². The van der Waals surface area contributed by atoms with Crippen LogP contribution in [0.25, 0.3) is 0 Å². The molecular weight excluding hydrogens is 210 g/mol. The van der Waals surface area contributed by atoms with Crippen LogP contribution in [-0.2, 0) is 4.79 Å². The minimum Gasteiger partial charge on any atom is -0.372 e. The highest BCUT2D eigenvalue weighted by atomic mass is 16.1. The molecular formula is C15H23NO. The van der Waals surface area contributed by atoms with Crippen LogP contribution in [0.2, 0.25) is 0 Å². The van der Waals surface area contributed by atoms with E-state index in [1.54, 1.807) is 6.92 Å². The number of hydrogen-bond donors (Lipinski definition) is 0. The van der Waals surface area contributed by atoms with Gasteiger partial charge in [0.25, 0.3) is 0 Å². The molecule has 1 aromatic rings. The van der Waals surface area contributed by atoms with Gasteiger partial charge in [-0.25, -0.2) is 0 Å². The van der Waals surface area contributed by atoms with Gasteiger partial charge in [0.1, 0.15) is 5.78 Å². The molecule has 0 spiro atoms. The van der Waals surface area contributed by atoms with E-state index in [4.69, 9.17) is 0 Å². The Kier molecular flexibility index (Phi) is 5.75. The van der Waals surface area contributed by atoms with Gasteiger partial charge in [-0.1, -0.05) is 18.2 Å². The fraction of sp³-hybridized carbons (Fsp3) is 0.533. The number of Topliss-reactive ketones (excluding diaryl/α,β-unsaturated/α-hetero) is 1. The van der Waals surface area contributed by atoms with Crippen molar-refractivity contribution in [2.45, 2.75) is 40.0 Å². The zero-order valence-electron chi connectivity index (χ0n) is 11.2. The van der Waals surface area contributed by atoms with Crippen molar-refractivity contribution in [2.24, 2.45) is 0 Å². The smallest absolute Gasteiger partial charge is 0.129 e. The zero-order valence-corrected chi connectivity index (χ0v) is 11.2. The van der Waals surface area contributed by atoms with Crippen LogP contribution in [0.1, 0.15) is 38.7 Å². The van der Waals surface area contributed by atoms with Crippen LogP contribution >= 0.6 is 0 Å². The maximum atomic E-state index is 10.9. The Bertz CT molecular complexity index is 360. The van der Waals surface area contributed by atoms with E-state index in [2.05, 4.69) is 43.0 Å². The molecule has 0 atom stereocenters. The fourth-order valence-electron chi connectivity index (χ4n) is 2.04. The van der Waals surface area contributed by atoms with Crippen molar-refractivity contribution in [1.29, 1.82) is 0 Å². The van der Waals surface area contributed by atoms with E-state index in [-0.39, 0.29) is 0 Å². The summed E-state index contributed by atoms with van der Waals surface area (Å²) in [5, 5.41) is 0. The maximum absolute atomic E-state index is 10.9. The lowest BCUT2D eigenvalue weighted by Crippen LogP contribution is -2.24. The third-order valence-corrected chi connectivity index (χ3v) is 3.04. The molecule has 0 aliphatic rings. The minimum absolute atomic E-state index is 0.295. The Balaban J connectivity index is 2.49. The number of unbranched alkanes of at least 4 members (excludes halogenated alkanes) is 1. The number of anilines is 1. The quantitative estimate of drug-likeness (QED) is 0.671. The van der Waals surface area contributed by atoms with Crippen molar-refractivity contribution in [3.05, 3.63) is 29.8 Å². The van der Waals surface area contributed by atoms with E-state index in [0.717, 1.165) is 25.9 Å². The van der Waals surface area contributed by atoms with Gasteiger partial charge in [0.15, 0.2) is 0 Å². The van der Waals surface area contributed by atoms with Crippen LogP contribution in [-0.4, -0.2) is 18.9 Å². The first-order valence-corrected chi connectivity index (χ1v) is 6.45. The molecule has 0 aliphatic carbocycles. The number of aryl methyl sites for hydroxylation is 1. The first kappa shape index (κ1) is 13.8. The monoisotopic (exact) mass is 233 g/mol. The fourth-order valence-corrected chi connectivity index (χ4v) is 2.04. The lowest BCUT2D eigenvalue weighted by atomic mass is 10.1. The Morgan fingerprint density at radius 2 is 1.94 bits per heavy atom. The van der Waals surface area contributed by atoms with Crippen molar-refractivity contribution < 1.29 is 4.79 Å². The topological polar surface area (TPSA) is 20.3 Å². The van der Waals surface area contributed by atoms with E-state index in [1.807, 2.05) is 0 Å². The normalized spacial score (nSPS) is 10.3. The third-order valence-electron chi connectivity index (χ3n) is 3.04. The number of para-hydroxylation sites is 1. The predicted molar refractivity (Wildman–Crippen MR) is 73.6 cm³/mol. The molecule has 0 aromatic heterocycles. The number of benzene rings is 1. The summed E-state index contributed by atoms with van der Waals surface area (Å²) in [5.74, 6) is 0.295. The highest BCUT2D eigenvalue weighted by Gasteiger charge is 2.06. The highest BCUT2D eigenvalue weighted by Crippen LogP contribution is 2.19. The van der Waals surface area contributed by atoms with Gasteiger partial charge in [0.05, 0.1) is 0 Å². The number of carbonyl (C=O) groups is 1. The summed E-state index contributed by atoms with van der Waals surface area (Å²) in [4.78, 5) is 13.3. The van der Waals surface area contributed by atoms with Gasteiger partial charge in [-0.05, 0) is 45.2 Å². The van der Waals surface area contributed by atoms with Crippen LogP contribution in [0.4, 0.5) is 5.69 Å². The van der Waals surface area contributed by atoms with Crippen molar-refractivity contribution >= 4 is 11.5 Å². The summed E-state index contributed by atoms with van der Waals surface area (Å²) in [7, 11) is 0. The van der Waals surface area contributed by atoms with Crippen molar-refractivity contribution in [2.75, 3.05) is 18.0 Å².